The molecule has 4 nitrogen and oxygen atoms in total. The van der Waals surface area contributed by atoms with E-state index in [-0.39, 0.29) is 11.9 Å². The van der Waals surface area contributed by atoms with E-state index in [2.05, 4.69) is 57.3 Å². The lowest BCUT2D eigenvalue weighted by Crippen LogP contribution is -2.44. The lowest BCUT2D eigenvalue weighted by molar-refractivity contribution is 0.0909. The molecule has 1 saturated heterocycles. The third kappa shape index (κ3) is 5.81. The standard InChI is InChI=1S/C22H27BrN2O2/c1-2-14-27-21-9-8-18(15-20(21)23)22(26)24-19-10-12-25(13-11-19)16-17-6-4-3-5-7-17/h3-9,15,19H,2,10-14,16H2,1H3,(H,24,26). The number of nitrogens with one attached hydrogen (secondary N) is 1. The Labute approximate surface area is 170 Å². The SMILES string of the molecule is CCCOc1ccc(C(=O)NC2CCN(Cc3ccccc3)CC2)cc1Br. The van der Waals surface area contributed by atoms with Crippen LogP contribution in [0, 0.1) is 0 Å². The van der Waals surface area contributed by atoms with Gasteiger partial charge in [-0.05, 0) is 59.0 Å². The molecule has 1 aliphatic rings. The highest BCUT2D eigenvalue weighted by atomic mass is 79.9. The molecule has 0 radical (unpaired) electrons. The van der Waals surface area contributed by atoms with Gasteiger partial charge >= 0.3 is 0 Å². The van der Waals surface area contributed by atoms with Gasteiger partial charge in [0.1, 0.15) is 5.75 Å². The third-order valence-electron chi connectivity index (χ3n) is 4.83. The second-order valence-electron chi connectivity index (χ2n) is 7.00. The van der Waals surface area contributed by atoms with E-state index in [4.69, 9.17) is 4.74 Å². The number of carbonyl (C=O) groups excluding carboxylic acids is 1. The van der Waals surface area contributed by atoms with Crippen molar-refractivity contribution in [2.45, 2.75) is 38.8 Å². The summed E-state index contributed by atoms with van der Waals surface area (Å²) in [6, 6.07) is 16.3. The number of hydrogen-bond donors (Lipinski definition) is 1. The average Bonchev–Trinajstić information content (AvgIpc) is 2.69. The van der Waals surface area contributed by atoms with Gasteiger partial charge in [0.25, 0.3) is 5.91 Å². The highest BCUT2D eigenvalue weighted by Crippen LogP contribution is 2.26. The van der Waals surface area contributed by atoms with Crippen LogP contribution in [0.2, 0.25) is 0 Å². The first-order chi connectivity index (χ1) is 13.2. The Hall–Kier alpha value is -1.85. The molecule has 27 heavy (non-hydrogen) atoms. The van der Waals surface area contributed by atoms with Crippen molar-refractivity contribution >= 4 is 21.8 Å². The maximum absolute atomic E-state index is 12.6. The minimum absolute atomic E-state index is 0.0146. The number of rotatable bonds is 7. The quantitative estimate of drug-likeness (QED) is 0.695. The summed E-state index contributed by atoms with van der Waals surface area (Å²) < 4.78 is 6.47. The lowest BCUT2D eigenvalue weighted by atomic mass is 10.0. The second kappa shape index (κ2) is 9.90. The Balaban J connectivity index is 1.48. The topological polar surface area (TPSA) is 41.6 Å². The molecule has 1 N–H and O–H groups in total. The smallest absolute Gasteiger partial charge is 0.251 e. The van der Waals surface area contributed by atoms with E-state index in [1.54, 1.807) is 0 Å². The van der Waals surface area contributed by atoms with Crippen LogP contribution < -0.4 is 10.1 Å². The number of nitrogens with zero attached hydrogens (tertiary/aromatic N) is 1. The summed E-state index contributed by atoms with van der Waals surface area (Å²) in [7, 11) is 0. The largest absolute Gasteiger partial charge is 0.492 e. The van der Waals surface area contributed by atoms with Gasteiger partial charge in [-0.25, -0.2) is 0 Å². The van der Waals surface area contributed by atoms with Gasteiger partial charge in [0.15, 0.2) is 0 Å². The molecule has 3 rings (SSSR count). The van der Waals surface area contributed by atoms with E-state index in [0.29, 0.717) is 12.2 Å². The number of halogens is 1. The van der Waals surface area contributed by atoms with Crippen molar-refractivity contribution in [1.29, 1.82) is 0 Å². The number of likely N-dealkylation sites (tertiary alicyclic amines) is 1. The molecular formula is C22H27BrN2O2. The van der Waals surface area contributed by atoms with E-state index in [9.17, 15) is 4.79 Å². The van der Waals surface area contributed by atoms with Gasteiger partial charge in [-0.3, -0.25) is 9.69 Å². The molecule has 2 aromatic rings. The molecule has 2 aromatic carbocycles. The molecule has 5 heteroatoms. The summed E-state index contributed by atoms with van der Waals surface area (Å²) in [5, 5.41) is 3.18. The Morgan fingerprint density at radius 3 is 2.59 bits per heavy atom. The summed E-state index contributed by atoms with van der Waals surface area (Å²) in [4.78, 5) is 15.0. The van der Waals surface area contributed by atoms with Crippen molar-refractivity contribution in [3.8, 4) is 5.75 Å². The predicted octanol–water partition coefficient (Wildman–Crippen LogP) is 4.63. The van der Waals surface area contributed by atoms with Crippen molar-refractivity contribution < 1.29 is 9.53 Å². The van der Waals surface area contributed by atoms with Gasteiger partial charge in [-0.15, -0.1) is 0 Å². The van der Waals surface area contributed by atoms with Crippen LogP contribution in [0.3, 0.4) is 0 Å². The fourth-order valence-electron chi connectivity index (χ4n) is 3.32. The van der Waals surface area contributed by atoms with Crippen molar-refractivity contribution in [2.75, 3.05) is 19.7 Å². The molecule has 1 amide bonds. The summed E-state index contributed by atoms with van der Waals surface area (Å²) in [6.45, 7) is 5.74. The van der Waals surface area contributed by atoms with Crippen molar-refractivity contribution in [3.05, 3.63) is 64.1 Å². The number of piperidine rings is 1. The fraction of sp³-hybridized carbons (Fsp3) is 0.409. The molecule has 1 fully saturated rings. The highest BCUT2D eigenvalue weighted by Gasteiger charge is 2.21. The first kappa shape index (κ1) is 19.9. The van der Waals surface area contributed by atoms with Crippen LogP contribution in [0.25, 0.3) is 0 Å². The first-order valence-electron chi connectivity index (χ1n) is 9.65. The molecular weight excluding hydrogens is 404 g/mol. The number of hydrogen-bond acceptors (Lipinski definition) is 3. The molecule has 0 unspecified atom stereocenters. The molecule has 0 aromatic heterocycles. The Morgan fingerprint density at radius 2 is 1.93 bits per heavy atom. The average molecular weight is 431 g/mol. The van der Waals surface area contributed by atoms with Crippen molar-refractivity contribution in [1.82, 2.24) is 10.2 Å². The van der Waals surface area contributed by atoms with E-state index in [1.807, 2.05) is 24.3 Å². The van der Waals surface area contributed by atoms with Gasteiger partial charge < -0.3 is 10.1 Å². The summed E-state index contributed by atoms with van der Waals surface area (Å²) in [5.74, 6) is 0.766. The molecule has 0 aliphatic carbocycles. The Kier molecular flexibility index (Phi) is 7.30. The van der Waals surface area contributed by atoms with Crippen LogP contribution in [0.15, 0.2) is 53.0 Å². The van der Waals surface area contributed by atoms with Gasteiger partial charge in [-0.1, -0.05) is 37.3 Å². The number of amides is 1. The van der Waals surface area contributed by atoms with Crippen LogP contribution >= 0.6 is 15.9 Å². The monoisotopic (exact) mass is 430 g/mol. The predicted molar refractivity (Wildman–Crippen MR) is 112 cm³/mol. The van der Waals surface area contributed by atoms with Gasteiger partial charge in [0, 0.05) is 31.2 Å². The van der Waals surface area contributed by atoms with Gasteiger partial charge in [0.05, 0.1) is 11.1 Å². The molecule has 0 spiro atoms. The molecule has 0 atom stereocenters. The highest BCUT2D eigenvalue weighted by molar-refractivity contribution is 9.10. The van der Waals surface area contributed by atoms with E-state index in [0.717, 1.165) is 49.1 Å². The first-order valence-corrected chi connectivity index (χ1v) is 10.4. The maximum Gasteiger partial charge on any atom is 0.251 e. The molecule has 1 aliphatic heterocycles. The maximum atomic E-state index is 12.6. The minimum Gasteiger partial charge on any atom is -0.492 e. The summed E-state index contributed by atoms with van der Waals surface area (Å²) >= 11 is 3.50. The third-order valence-corrected chi connectivity index (χ3v) is 5.45. The van der Waals surface area contributed by atoms with Crippen molar-refractivity contribution in [2.24, 2.45) is 0 Å². The van der Waals surface area contributed by atoms with E-state index in [1.165, 1.54) is 5.56 Å². The Morgan fingerprint density at radius 1 is 1.19 bits per heavy atom. The number of carbonyl (C=O) groups is 1. The zero-order valence-electron chi connectivity index (χ0n) is 15.8. The number of benzene rings is 2. The zero-order chi connectivity index (χ0) is 19.1. The van der Waals surface area contributed by atoms with Crippen LogP contribution in [0.5, 0.6) is 5.75 Å². The summed E-state index contributed by atoms with van der Waals surface area (Å²) in [6.07, 6.45) is 2.92. The summed E-state index contributed by atoms with van der Waals surface area (Å²) in [5.41, 5.74) is 2.01. The molecule has 1 heterocycles. The fourth-order valence-corrected chi connectivity index (χ4v) is 3.81. The lowest BCUT2D eigenvalue weighted by Gasteiger charge is -2.32. The van der Waals surface area contributed by atoms with Gasteiger partial charge in [0.2, 0.25) is 0 Å². The van der Waals surface area contributed by atoms with Gasteiger partial charge in [-0.2, -0.15) is 0 Å². The normalized spacial score (nSPS) is 15.5. The number of ether oxygens (including phenoxy) is 1. The Bertz CT molecular complexity index is 743. The van der Waals surface area contributed by atoms with Crippen molar-refractivity contribution in [3.63, 3.8) is 0 Å². The van der Waals surface area contributed by atoms with Crippen LogP contribution in [0.4, 0.5) is 0 Å². The zero-order valence-corrected chi connectivity index (χ0v) is 17.4. The molecule has 0 bridgehead atoms. The second-order valence-corrected chi connectivity index (χ2v) is 7.86. The van der Waals surface area contributed by atoms with Crippen LogP contribution in [-0.4, -0.2) is 36.5 Å². The minimum atomic E-state index is -0.0146. The van der Waals surface area contributed by atoms with E-state index >= 15 is 0 Å². The van der Waals surface area contributed by atoms with Crippen LogP contribution in [-0.2, 0) is 6.54 Å². The van der Waals surface area contributed by atoms with Crippen LogP contribution in [0.1, 0.15) is 42.1 Å². The van der Waals surface area contributed by atoms with E-state index < -0.39 is 0 Å². The molecule has 0 saturated carbocycles. The molecule has 144 valence electrons.